The van der Waals surface area contributed by atoms with Crippen LogP contribution in [0.25, 0.3) is 0 Å². The first-order valence-corrected chi connectivity index (χ1v) is 4.89. The largest absolute Gasteiger partial charge is 0.378 e. The lowest BCUT2D eigenvalue weighted by molar-refractivity contribution is 0.107. The molecule has 0 aromatic carbocycles. The number of hydrogen-bond acceptors (Lipinski definition) is 1. The van der Waals surface area contributed by atoms with Crippen LogP contribution in [-0.4, -0.2) is 12.7 Å². The Bertz CT molecular complexity index is 142. The van der Waals surface area contributed by atoms with E-state index in [0.717, 1.165) is 24.4 Å². The van der Waals surface area contributed by atoms with Crippen LogP contribution in [-0.2, 0) is 4.74 Å². The Balaban J connectivity index is 2.01. The van der Waals surface area contributed by atoms with E-state index in [4.69, 9.17) is 4.74 Å². The molecule has 0 amide bonds. The van der Waals surface area contributed by atoms with Crippen molar-refractivity contribution < 1.29 is 4.74 Å². The minimum Gasteiger partial charge on any atom is -0.378 e. The Labute approximate surface area is 69.1 Å². The van der Waals surface area contributed by atoms with Gasteiger partial charge < -0.3 is 4.74 Å². The maximum atomic E-state index is 5.66. The molecule has 64 valence electrons. The van der Waals surface area contributed by atoms with E-state index in [1.165, 1.54) is 19.3 Å². The highest BCUT2D eigenvalue weighted by Gasteiger charge is 2.37. The van der Waals surface area contributed by atoms with Crippen molar-refractivity contribution in [2.45, 2.75) is 39.2 Å². The molecule has 1 aliphatic heterocycles. The summed E-state index contributed by atoms with van der Waals surface area (Å²) < 4.78 is 5.66. The lowest BCUT2D eigenvalue weighted by Crippen LogP contribution is -2.25. The summed E-state index contributed by atoms with van der Waals surface area (Å²) in [6, 6.07) is 0. The van der Waals surface area contributed by atoms with E-state index < -0.39 is 0 Å². The molecule has 1 heterocycles. The molecule has 0 N–H and O–H groups in total. The zero-order valence-electron chi connectivity index (χ0n) is 7.55. The quantitative estimate of drug-likeness (QED) is 0.563. The van der Waals surface area contributed by atoms with E-state index in [1.807, 2.05) is 0 Å². The van der Waals surface area contributed by atoms with Gasteiger partial charge in [-0.3, -0.25) is 0 Å². The van der Waals surface area contributed by atoms with E-state index in [9.17, 15) is 0 Å². The molecule has 0 aromatic heterocycles. The summed E-state index contributed by atoms with van der Waals surface area (Å²) >= 11 is 0. The first-order valence-electron chi connectivity index (χ1n) is 4.89. The lowest BCUT2D eigenvalue weighted by Gasteiger charge is -2.29. The van der Waals surface area contributed by atoms with E-state index in [2.05, 4.69) is 13.8 Å². The molecule has 3 atom stereocenters. The summed E-state index contributed by atoms with van der Waals surface area (Å²) in [6.45, 7) is 5.75. The summed E-state index contributed by atoms with van der Waals surface area (Å²) in [5.74, 6) is 2.71. The van der Waals surface area contributed by atoms with Crippen molar-refractivity contribution in [1.82, 2.24) is 0 Å². The van der Waals surface area contributed by atoms with Crippen LogP contribution in [0.2, 0.25) is 0 Å². The fraction of sp³-hybridized carbons (Fsp3) is 1.00. The second kappa shape index (κ2) is 2.78. The Kier molecular flexibility index (Phi) is 1.92. The van der Waals surface area contributed by atoms with Crippen LogP contribution in [0.1, 0.15) is 33.1 Å². The highest BCUT2D eigenvalue weighted by molar-refractivity contribution is 4.86. The molecule has 2 fully saturated rings. The van der Waals surface area contributed by atoms with Gasteiger partial charge in [0.15, 0.2) is 0 Å². The van der Waals surface area contributed by atoms with Gasteiger partial charge in [0.25, 0.3) is 0 Å². The van der Waals surface area contributed by atoms with Gasteiger partial charge in [0.2, 0.25) is 0 Å². The van der Waals surface area contributed by atoms with Gasteiger partial charge >= 0.3 is 0 Å². The van der Waals surface area contributed by atoms with Crippen molar-refractivity contribution in [2.75, 3.05) is 6.61 Å². The predicted molar refractivity (Wildman–Crippen MR) is 45.4 cm³/mol. The summed E-state index contributed by atoms with van der Waals surface area (Å²) in [6.07, 6.45) is 4.71. The van der Waals surface area contributed by atoms with Crippen LogP contribution in [0.4, 0.5) is 0 Å². The summed E-state index contributed by atoms with van der Waals surface area (Å²) in [7, 11) is 0. The molecule has 1 saturated heterocycles. The number of hydrogen-bond donors (Lipinski definition) is 0. The van der Waals surface area contributed by atoms with E-state index >= 15 is 0 Å². The first kappa shape index (κ1) is 7.60. The van der Waals surface area contributed by atoms with Crippen molar-refractivity contribution in [2.24, 2.45) is 17.8 Å². The van der Waals surface area contributed by atoms with Gasteiger partial charge in [-0.1, -0.05) is 13.8 Å². The Morgan fingerprint density at radius 1 is 1.27 bits per heavy atom. The third kappa shape index (κ3) is 1.31. The lowest BCUT2D eigenvalue weighted by atomic mass is 9.74. The van der Waals surface area contributed by atoms with Crippen LogP contribution in [0.3, 0.4) is 0 Å². The van der Waals surface area contributed by atoms with Crippen molar-refractivity contribution in [3.8, 4) is 0 Å². The van der Waals surface area contributed by atoms with Gasteiger partial charge in [-0.25, -0.2) is 0 Å². The Hall–Kier alpha value is -0.0400. The first-order chi connectivity index (χ1) is 5.27. The molecule has 1 nitrogen and oxygen atoms in total. The van der Waals surface area contributed by atoms with Gasteiger partial charge in [-0.15, -0.1) is 0 Å². The molecule has 1 saturated carbocycles. The van der Waals surface area contributed by atoms with Crippen LogP contribution in [0.5, 0.6) is 0 Å². The molecule has 1 heteroatoms. The summed E-state index contributed by atoms with van der Waals surface area (Å²) in [5.41, 5.74) is 0. The van der Waals surface area contributed by atoms with Crippen LogP contribution in [0, 0.1) is 17.8 Å². The molecule has 0 aromatic rings. The molecule has 3 unspecified atom stereocenters. The van der Waals surface area contributed by atoms with Crippen molar-refractivity contribution in [1.29, 1.82) is 0 Å². The fourth-order valence-corrected chi connectivity index (χ4v) is 2.72. The zero-order valence-corrected chi connectivity index (χ0v) is 7.55. The maximum Gasteiger partial charge on any atom is 0.0579 e. The molecular formula is C10H18O. The topological polar surface area (TPSA) is 9.23 Å². The molecule has 11 heavy (non-hydrogen) atoms. The van der Waals surface area contributed by atoms with Crippen molar-refractivity contribution >= 4 is 0 Å². The number of fused-ring (bicyclic) bond motifs is 2. The Morgan fingerprint density at radius 2 is 2.09 bits per heavy atom. The van der Waals surface area contributed by atoms with Gasteiger partial charge in [-0.05, 0) is 37.0 Å². The van der Waals surface area contributed by atoms with Gasteiger partial charge in [-0.2, -0.15) is 0 Å². The monoisotopic (exact) mass is 154 g/mol. The molecule has 1 aliphatic carbocycles. The standard InChI is InChI=1S/C10H18O/c1-7(2)10-4-3-9-5-8(10)6-11-9/h7-10H,3-6H2,1-2H3. The third-order valence-electron chi connectivity index (χ3n) is 3.40. The average molecular weight is 154 g/mol. The SMILES string of the molecule is CC(C)C1CCC2CC1CO2. The minimum absolute atomic E-state index is 0.634. The summed E-state index contributed by atoms with van der Waals surface area (Å²) in [5, 5.41) is 0. The average Bonchev–Trinajstić information content (AvgIpc) is 2.32. The van der Waals surface area contributed by atoms with E-state index in [-0.39, 0.29) is 0 Å². The van der Waals surface area contributed by atoms with Gasteiger partial charge in [0, 0.05) is 0 Å². The van der Waals surface area contributed by atoms with E-state index in [1.54, 1.807) is 0 Å². The van der Waals surface area contributed by atoms with E-state index in [0.29, 0.717) is 6.10 Å². The van der Waals surface area contributed by atoms with Crippen LogP contribution in [0.15, 0.2) is 0 Å². The molecular weight excluding hydrogens is 136 g/mol. The Morgan fingerprint density at radius 3 is 2.82 bits per heavy atom. The number of rotatable bonds is 1. The number of ether oxygens (including phenoxy) is 1. The molecule has 0 spiro atoms. The summed E-state index contributed by atoms with van der Waals surface area (Å²) in [4.78, 5) is 0. The van der Waals surface area contributed by atoms with Crippen LogP contribution >= 0.6 is 0 Å². The van der Waals surface area contributed by atoms with Crippen LogP contribution < -0.4 is 0 Å². The van der Waals surface area contributed by atoms with Crippen molar-refractivity contribution in [3.63, 3.8) is 0 Å². The molecule has 2 aliphatic rings. The highest BCUT2D eigenvalue weighted by Crippen LogP contribution is 2.40. The second-order valence-electron chi connectivity index (χ2n) is 4.44. The predicted octanol–water partition coefficient (Wildman–Crippen LogP) is 2.46. The molecule has 2 bridgehead atoms. The molecule has 0 radical (unpaired) electrons. The fourth-order valence-electron chi connectivity index (χ4n) is 2.72. The smallest absolute Gasteiger partial charge is 0.0579 e. The van der Waals surface area contributed by atoms with Gasteiger partial charge in [0.1, 0.15) is 0 Å². The minimum atomic E-state index is 0.634. The molecule has 2 rings (SSSR count). The maximum absolute atomic E-state index is 5.66. The normalized spacial score (nSPS) is 43.4. The zero-order chi connectivity index (χ0) is 7.84. The third-order valence-corrected chi connectivity index (χ3v) is 3.40. The van der Waals surface area contributed by atoms with Gasteiger partial charge in [0.05, 0.1) is 12.7 Å². The van der Waals surface area contributed by atoms with Crippen molar-refractivity contribution in [3.05, 3.63) is 0 Å². The highest BCUT2D eigenvalue weighted by atomic mass is 16.5. The second-order valence-corrected chi connectivity index (χ2v) is 4.44.